The summed E-state index contributed by atoms with van der Waals surface area (Å²) in [6.07, 6.45) is 15.2. The Hall–Kier alpha value is -2.48. The number of hydrogen-bond acceptors (Lipinski definition) is 8. The lowest BCUT2D eigenvalue weighted by Crippen LogP contribution is -2.32. The normalized spacial score (nSPS) is 13.3. The SMILES string of the molecule is CCCCCN(CCCCC)CCCNS(=O)(=O)c1ccc2c(c1)C(=O)c1ccc(S(=O)(=O)NCCCN(CCCCC)CCCCC)cc1C2=O. The average molecular weight is 761 g/mol. The molecule has 2 aromatic carbocycles. The summed E-state index contributed by atoms with van der Waals surface area (Å²) in [5.74, 6) is -1.03. The third-order valence-electron chi connectivity index (χ3n) is 9.78. The molecule has 0 spiro atoms. The molecule has 1 aliphatic rings. The quantitative estimate of drug-likeness (QED) is 0.0746. The lowest BCUT2D eigenvalue weighted by atomic mass is 9.84. The van der Waals surface area contributed by atoms with Gasteiger partial charge in [-0.2, -0.15) is 0 Å². The maximum absolute atomic E-state index is 13.6. The van der Waals surface area contributed by atoms with Crippen LogP contribution < -0.4 is 9.44 Å². The van der Waals surface area contributed by atoms with Crippen molar-refractivity contribution in [3.05, 3.63) is 58.7 Å². The second-order valence-corrected chi connectivity index (χ2v) is 17.6. The molecule has 52 heavy (non-hydrogen) atoms. The lowest BCUT2D eigenvalue weighted by molar-refractivity contribution is 0.0978. The zero-order valence-electron chi connectivity index (χ0n) is 32.2. The van der Waals surface area contributed by atoms with Gasteiger partial charge in [0.15, 0.2) is 11.6 Å². The van der Waals surface area contributed by atoms with E-state index < -0.39 is 31.6 Å². The summed E-state index contributed by atoms with van der Waals surface area (Å²) >= 11 is 0. The number of ketones is 2. The number of sulfonamides is 2. The zero-order chi connectivity index (χ0) is 38.0. The number of benzene rings is 2. The van der Waals surface area contributed by atoms with Crippen LogP contribution in [0.25, 0.3) is 0 Å². The molecule has 1 aliphatic carbocycles. The largest absolute Gasteiger partial charge is 0.303 e. The van der Waals surface area contributed by atoms with E-state index in [0.29, 0.717) is 12.8 Å². The first kappa shape index (κ1) is 43.9. The molecular formula is C40H64N4O6S2. The molecule has 0 aromatic heterocycles. The Balaban J connectivity index is 1.63. The summed E-state index contributed by atoms with van der Waals surface area (Å²) in [4.78, 5) is 31.8. The van der Waals surface area contributed by atoms with E-state index in [1.807, 2.05) is 0 Å². The van der Waals surface area contributed by atoms with Gasteiger partial charge in [0.05, 0.1) is 9.79 Å². The van der Waals surface area contributed by atoms with Crippen LogP contribution in [0.5, 0.6) is 0 Å². The van der Waals surface area contributed by atoms with Crippen LogP contribution in [-0.4, -0.2) is 90.6 Å². The highest BCUT2D eigenvalue weighted by Gasteiger charge is 2.32. The van der Waals surface area contributed by atoms with Crippen LogP contribution >= 0.6 is 0 Å². The molecule has 10 nitrogen and oxygen atoms in total. The average Bonchev–Trinajstić information content (AvgIpc) is 3.13. The van der Waals surface area contributed by atoms with Gasteiger partial charge in [-0.15, -0.1) is 0 Å². The molecule has 3 rings (SSSR count). The molecule has 2 aromatic rings. The monoisotopic (exact) mass is 760 g/mol. The van der Waals surface area contributed by atoms with E-state index in [4.69, 9.17) is 0 Å². The van der Waals surface area contributed by atoms with Gasteiger partial charge in [-0.05, 0) is 114 Å². The van der Waals surface area contributed by atoms with Crippen molar-refractivity contribution in [2.75, 3.05) is 52.4 Å². The number of unbranched alkanes of at least 4 members (excludes halogenated alkanes) is 8. The van der Waals surface area contributed by atoms with Crippen molar-refractivity contribution in [1.82, 2.24) is 19.2 Å². The fraction of sp³-hybridized carbons (Fsp3) is 0.650. The summed E-state index contributed by atoms with van der Waals surface area (Å²) in [7, 11) is -7.86. The van der Waals surface area contributed by atoms with E-state index in [0.717, 1.165) is 90.6 Å². The Morgan fingerprint density at radius 2 is 0.750 bits per heavy atom. The topological polar surface area (TPSA) is 133 Å². The molecular weight excluding hydrogens is 697 g/mol. The molecule has 292 valence electrons. The highest BCUT2D eigenvalue weighted by molar-refractivity contribution is 7.89. The summed E-state index contributed by atoms with van der Waals surface area (Å²) in [6, 6.07) is 7.86. The van der Waals surface area contributed by atoms with Crippen molar-refractivity contribution < 1.29 is 26.4 Å². The predicted octanol–water partition coefficient (Wildman–Crippen LogP) is 7.16. The third kappa shape index (κ3) is 13.4. The molecule has 0 saturated heterocycles. The maximum atomic E-state index is 13.6. The van der Waals surface area contributed by atoms with E-state index in [1.54, 1.807) is 0 Å². The molecule has 0 heterocycles. The fourth-order valence-electron chi connectivity index (χ4n) is 6.64. The highest BCUT2D eigenvalue weighted by Crippen LogP contribution is 2.30. The van der Waals surface area contributed by atoms with Crippen molar-refractivity contribution in [3.63, 3.8) is 0 Å². The lowest BCUT2D eigenvalue weighted by Gasteiger charge is -2.22. The second-order valence-electron chi connectivity index (χ2n) is 14.1. The number of carbonyl (C=O) groups excluding carboxylic acids is 2. The Labute approximate surface area is 314 Å². The number of hydrogen-bond donors (Lipinski definition) is 2. The Morgan fingerprint density at radius 1 is 0.442 bits per heavy atom. The summed E-state index contributed by atoms with van der Waals surface area (Å²) in [5.41, 5.74) is 0.101. The zero-order valence-corrected chi connectivity index (χ0v) is 33.8. The predicted molar refractivity (Wildman–Crippen MR) is 210 cm³/mol. The van der Waals surface area contributed by atoms with E-state index in [1.165, 1.54) is 62.1 Å². The van der Waals surface area contributed by atoms with Gasteiger partial charge in [-0.25, -0.2) is 26.3 Å². The van der Waals surface area contributed by atoms with Crippen LogP contribution in [-0.2, 0) is 20.0 Å². The van der Waals surface area contributed by atoms with E-state index in [2.05, 4.69) is 46.9 Å². The molecule has 2 N–H and O–H groups in total. The van der Waals surface area contributed by atoms with E-state index >= 15 is 0 Å². The smallest absolute Gasteiger partial charge is 0.240 e. The minimum absolute atomic E-state index is 0.00504. The van der Waals surface area contributed by atoms with Crippen LogP contribution in [0.4, 0.5) is 0 Å². The number of carbonyl (C=O) groups is 2. The molecule has 0 amide bonds. The van der Waals surface area contributed by atoms with Crippen molar-refractivity contribution >= 4 is 31.6 Å². The molecule has 0 unspecified atom stereocenters. The van der Waals surface area contributed by atoms with Crippen molar-refractivity contribution in [2.45, 2.75) is 127 Å². The van der Waals surface area contributed by atoms with Gasteiger partial charge in [-0.3, -0.25) is 9.59 Å². The Morgan fingerprint density at radius 3 is 1.06 bits per heavy atom. The van der Waals surface area contributed by atoms with Crippen molar-refractivity contribution in [1.29, 1.82) is 0 Å². The minimum Gasteiger partial charge on any atom is -0.303 e. The number of nitrogens with zero attached hydrogens (tertiary/aromatic N) is 2. The maximum Gasteiger partial charge on any atom is 0.240 e. The number of fused-ring (bicyclic) bond motifs is 2. The summed E-state index contributed by atoms with van der Waals surface area (Å²) in [5, 5.41) is 0. The van der Waals surface area contributed by atoms with E-state index in [-0.39, 0.29) is 45.1 Å². The van der Waals surface area contributed by atoms with Gasteiger partial charge in [0, 0.05) is 35.3 Å². The van der Waals surface area contributed by atoms with Crippen LogP contribution in [0.1, 0.15) is 149 Å². The van der Waals surface area contributed by atoms with Crippen LogP contribution in [0.2, 0.25) is 0 Å². The summed E-state index contributed by atoms with van der Waals surface area (Å²) < 4.78 is 58.3. The van der Waals surface area contributed by atoms with Crippen LogP contribution in [0, 0.1) is 0 Å². The molecule has 0 aliphatic heterocycles. The Bertz CT molecular complexity index is 1500. The Kier molecular flexibility index (Phi) is 19.1. The number of rotatable bonds is 28. The second kappa shape index (κ2) is 22.7. The molecule has 12 heteroatoms. The standard InChI is InChI=1S/C40H64N4O6S2/c1-5-9-13-25-43(26-14-10-6-2)29-17-23-41-51(47,48)33-19-21-35-37(31-33)39(45)36-22-20-34(32-38(36)40(35)46)52(49,50)42-24-18-30-44(27-15-11-7-3)28-16-12-8-4/h19-22,31-32,41-42H,5-18,23-30H2,1-4H3. The summed E-state index contributed by atoms with van der Waals surface area (Å²) in [6.45, 7) is 14.9. The van der Waals surface area contributed by atoms with Gasteiger partial charge in [-0.1, -0.05) is 79.1 Å². The first-order valence-corrected chi connectivity index (χ1v) is 22.8. The van der Waals surface area contributed by atoms with Crippen LogP contribution in [0.3, 0.4) is 0 Å². The molecule has 0 atom stereocenters. The highest BCUT2D eigenvalue weighted by atomic mass is 32.2. The van der Waals surface area contributed by atoms with Crippen LogP contribution in [0.15, 0.2) is 46.2 Å². The van der Waals surface area contributed by atoms with Gasteiger partial charge < -0.3 is 9.80 Å². The number of nitrogens with one attached hydrogen (secondary N) is 2. The van der Waals surface area contributed by atoms with Crippen molar-refractivity contribution in [2.24, 2.45) is 0 Å². The van der Waals surface area contributed by atoms with Gasteiger partial charge in [0.2, 0.25) is 20.0 Å². The van der Waals surface area contributed by atoms with Gasteiger partial charge in [0.1, 0.15) is 0 Å². The fourth-order valence-corrected chi connectivity index (χ4v) is 8.84. The first-order valence-electron chi connectivity index (χ1n) is 19.8. The first-order chi connectivity index (χ1) is 25.0. The molecule has 0 bridgehead atoms. The molecule has 0 saturated carbocycles. The van der Waals surface area contributed by atoms with E-state index in [9.17, 15) is 26.4 Å². The van der Waals surface area contributed by atoms with Crippen molar-refractivity contribution in [3.8, 4) is 0 Å². The van der Waals surface area contributed by atoms with Gasteiger partial charge in [0.25, 0.3) is 0 Å². The third-order valence-corrected chi connectivity index (χ3v) is 12.7. The molecule has 0 fully saturated rings. The van der Waals surface area contributed by atoms with Gasteiger partial charge >= 0.3 is 0 Å². The molecule has 0 radical (unpaired) electrons. The minimum atomic E-state index is -3.93.